The van der Waals surface area contributed by atoms with Crippen LogP contribution in [0.25, 0.3) is 0 Å². The molecule has 0 unspecified atom stereocenters. The van der Waals surface area contributed by atoms with Crippen LogP contribution >= 0.6 is 0 Å². The highest BCUT2D eigenvalue weighted by atomic mass is 16.1. The molecule has 0 spiro atoms. The number of aryl methyl sites for hydroxylation is 4. The van der Waals surface area contributed by atoms with Crippen molar-refractivity contribution in [2.45, 2.75) is 58.9 Å². The van der Waals surface area contributed by atoms with Crippen LogP contribution in [0.5, 0.6) is 0 Å². The van der Waals surface area contributed by atoms with Crippen LogP contribution in [-0.4, -0.2) is 5.91 Å². The second-order valence-corrected chi connectivity index (χ2v) is 7.13. The Hall–Kier alpha value is -2.09. The van der Waals surface area contributed by atoms with Gasteiger partial charge in [-0.25, -0.2) is 0 Å². The van der Waals surface area contributed by atoms with Crippen molar-refractivity contribution in [1.29, 1.82) is 0 Å². The van der Waals surface area contributed by atoms with Crippen molar-refractivity contribution in [2.75, 3.05) is 0 Å². The maximum atomic E-state index is 12.4. The highest BCUT2D eigenvalue weighted by molar-refractivity contribution is 5.79. The summed E-state index contributed by atoms with van der Waals surface area (Å²) >= 11 is 0. The monoisotopic (exact) mass is 321 g/mol. The molecule has 1 aliphatic rings. The van der Waals surface area contributed by atoms with Crippen LogP contribution < -0.4 is 5.32 Å². The van der Waals surface area contributed by atoms with E-state index in [1.165, 1.54) is 53.5 Å². The summed E-state index contributed by atoms with van der Waals surface area (Å²) in [7, 11) is 0. The molecular weight excluding hydrogens is 294 g/mol. The maximum absolute atomic E-state index is 12.4. The summed E-state index contributed by atoms with van der Waals surface area (Å²) in [6.45, 7) is 6.22. The molecule has 0 radical (unpaired) electrons. The third kappa shape index (κ3) is 3.87. The number of benzene rings is 2. The van der Waals surface area contributed by atoms with Gasteiger partial charge < -0.3 is 5.32 Å². The minimum Gasteiger partial charge on any atom is -0.349 e. The predicted molar refractivity (Wildman–Crippen MR) is 99.3 cm³/mol. The van der Waals surface area contributed by atoms with Crippen molar-refractivity contribution in [3.63, 3.8) is 0 Å². The van der Waals surface area contributed by atoms with Crippen LogP contribution in [0.3, 0.4) is 0 Å². The first-order valence-corrected chi connectivity index (χ1v) is 9.00. The fourth-order valence-electron chi connectivity index (χ4n) is 3.62. The molecule has 1 amide bonds. The molecule has 2 aromatic rings. The van der Waals surface area contributed by atoms with Gasteiger partial charge in [-0.05, 0) is 74.3 Å². The molecule has 3 rings (SSSR count). The van der Waals surface area contributed by atoms with Gasteiger partial charge in [0.25, 0.3) is 0 Å². The van der Waals surface area contributed by atoms with Gasteiger partial charge in [-0.2, -0.15) is 0 Å². The number of rotatable bonds is 4. The lowest BCUT2D eigenvalue weighted by Crippen LogP contribution is -2.28. The third-order valence-electron chi connectivity index (χ3n) is 5.10. The maximum Gasteiger partial charge on any atom is 0.224 e. The summed E-state index contributed by atoms with van der Waals surface area (Å²) in [5, 5.41) is 3.15. The first-order valence-electron chi connectivity index (χ1n) is 9.00. The van der Waals surface area contributed by atoms with Gasteiger partial charge in [-0.1, -0.05) is 42.0 Å². The molecule has 1 aliphatic carbocycles. The van der Waals surface area contributed by atoms with Gasteiger partial charge in [0, 0.05) is 0 Å². The third-order valence-corrected chi connectivity index (χ3v) is 5.10. The van der Waals surface area contributed by atoms with Crippen molar-refractivity contribution in [3.8, 4) is 0 Å². The number of carbonyl (C=O) groups excluding carboxylic acids is 1. The molecule has 0 heterocycles. The van der Waals surface area contributed by atoms with E-state index in [1.807, 2.05) is 0 Å². The molecule has 24 heavy (non-hydrogen) atoms. The molecule has 0 saturated heterocycles. The SMILES string of the molecule is Cc1ccc(CC(=O)N[C@@H](C)c2ccc3c(c2)CCCC3)c(C)c1. The summed E-state index contributed by atoms with van der Waals surface area (Å²) in [6, 6.07) is 13.0. The Kier molecular flexibility index (Phi) is 5.03. The van der Waals surface area contributed by atoms with E-state index in [9.17, 15) is 4.79 Å². The van der Waals surface area contributed by atoms with Gasteiger partial charge in [-0.15, -0.1) is 0 Å². The van der Waals surface area contributed by atoms with Gasteiger partial charge in [0.2, 0.25) is 5.91 Å². The molecule has 0 aliphatic heterocycles. The van der Waals surface area contributed by atoms with Crippen LogP contribution in [-0.2, 0) is 24.1 Å². The molecule has 0 fully saturated rings. The minimum absolute atomic E-state index is 0.0514. The van der Waals surface area contributed by atoms with E-state index in [1.54, 1.807) is 0 Å². The largest absolute Gasteiger partial charge is 0.349 e. The van der Waals surface area contributed by atoms with Crippen LogP contribution in [0.15, 0.2) is 36.4 Å². The van der Waals surface area contributed by atoms with E-state index in [4.69, 9.17) is 0 Å². The minimum atomic E-state index is 0.0514. The zero-order chi connectivity index (χ0) is 17.1. The molecule has 126 valence electrons. The molecule has 2 heteroatoms. The summed E-state index contributed by atoms with van der Waals surface area (Å²) in [5.74, 6) is 0.0900. The Labute approximate surface area is 145 Å². The molecule has 2 nitrogen and oxygen atoms in total. The lowest BCUT2D eigenvalue weighted by atomic mass is 9.89. The van der Waals surface area contributed by atoms with Crippen molar-refractivity contribution >= 4 is 5.91 Å². The first kappa shape index (κ1) is 16.8. The van der Waals surface area contributed by atoms with Crippen LogP contribution in [0, 0.1) is 13.8 Å². The van der Waals surface area contributed by atoms with E-state index >= 15 is 0 Å². The van der Waals surface area contributed by atoms with Crippen LogP contribution in [0.1, 0.15) is 59.2 Å². The number of fused-ring (bicyclic) bond motifs is 1. The zero-order valence-electron chi connectivity index (χ0n) is 15.0. The molecule has 0 bridgehead atoms. The van der Waals surface area contributed by atoms with Crippen molar-refractivity contribution in [3.05, 3.63) is 69.8 Å². The topological polar surface area (TPSA) is 29.1 Å². The number of hydrogen-bond donors (Lipinski definition) is 1. The lowest BCUT2D eigenvalue weighted by molar-refractivity contribution is -0.121. The van der Waals surface area contributed by atoms with Gasteiger partial charge in [-0.3, -0.25) is 4.79 Å². The number of nitrogens with one attached hydrogen (secondary N) is 1. The molecule has 0 aromatic heterocycles. The van der Waals surface area contributed by atoms with E-state index in [0.717, 1.165) is 5.56 Å². The Morgan fingerprint density at radius 3 is 2.54 bits per heavy atom. The zero-order valence-corrected chi connectivity index (χ0v) is 15.0. The molecule has 2 aromatic carbocycles. The molecule has 0 saturated carbocycles. The highest BCUT2D eigenvalue weighted by Crippen LogP contribution is 2.24. The molecular formula is C22H27NO. The Bertz CT molecular complexity index is 748. The normalized spacial score (nSPS) is 14.8. The molecule has 1 atom stereocenters. The van der Waals surface area contributed by atoms with Crippen LogP contribution in [0.4, 0.5) is 0 Å². The second kappa shape index (κ2) is 7.21. The van der Waals surface area contributed by atoms with Crippen molar-refractivity contribution in [1.82, 2.24) is 5.32 Å². The highest BCUT2D eigenvalue weighted by Gasteiger charge is 2.14. The van der Waals surface area contributed by atoms with Crippen LogP contribution in [0.2, 0.25) is 0 Å². The number of carbonyl (C=O) groups is 1. The van der Waals surface area contributed by atoms with Crippen molar-refractivity contribution in [2.24, 2.45) is 0 Å². The summed E-state index contributed by atoms with van der Waals surface area (Å²) in [5.41, 5.74) is 7.69. The smallest absolute Gasteiger partial charge is 0.224 e. The number of amides is 1. The van der Waals surface area contributed by atoms with Gasteiger partial charge in [0.15, 0.2) is 0 Å². The lowest BCUT2D eigenvalue weighted by Gasteiger charge is -2.20. The summed E-state index contributed by atoms with van der Waals surface area (Å²) < 4.78 is 0. The van der Waals surface area contributed by atoms with Gasteiger partial charge in [0.1, 0.15) is 0 Å². The van der Waals surface area contributed by atoms with Crippen molar-refractivity contribution < 1.29 is 4.79 Å². The average Bonchev–Trinajstić information content (AvgIpc) is 2.57. The fourth-order valence-corrected chi connectivity index (χ4v) is 3.62. The average molecular weight is 321 g/mol. The standard InChI is InChI=1S/C22H27NO/c1-15-8-9-19(16(2)12-15)14-22(24)23-17(3)20-11-10-18-6-4-5-7-21(18)13-20/h8-13,17H,4-7,14H2,1-3H3,(H,23,24)/t17-/m0/s1. The quantitative estimate of drug-likeness (QED) is 0.876. The van der Waals surface area contributed by atoms with Gasteiger partial charge in [0.05, 0.1) is 12.5 Å². The van der Waals surface area contributed by atoms with E-state index < -0.39 is 0 Å². The predicted octanol–water partition coefficient (Wildman–Crippen LogP) is 4.60. The Balaban J connectivity index is 1.65. The van der Waals surface area contributed by atoms with E-state index in [0.29, 0.717) is 6.42 Å². The number of hydrogen-bond acceptors (Lipinski definition) is 1. The van der Waals surface area contributed by atoms with Gasteiger partial charge >= 0.3 is 0 Å². The van der Waals surface area contributed by atoms with E-state index in [-0.39, 0.29) is 11.9 Å². The summed E-state index contributed by atoms with van der Waals surface area (Å²) in [4.78, 5) is 12.4. The summed E-state index contributed by atoms with van der Waals surface area (Å²) in [6.07, 6.45) is 5.40. The molecule has 1 N–H and O–H groups in total. The Morgan fingerprint density at radius 1 is 1.04 bits per heavy atom. The van der Waals surface area contributed by atoms with E-state index in [2.05, 4.69) is 62.5 Å². The fraction of sp³-hybridized carbons (Fsp3) is 0.409. The second-order valence-electron chi connectivity index (χ2n) is 7.13. The Morgan fingerprint density at radius 2 is 1.79 bits per heavy atom. The first-order chi connectivity index (χ1) is 11.5.